The molecule has 11 heteroatoms. The van der Waals surface area contributed by atoms with Gasteiger partial charge in [0, 0.05) is 22.3 Å². The second-order valence-corrected chi connectivity index (χ2v) is 21.1. The number of carbonyl (C=O) groups excluding carboxylic acids is 1. The first-order valence-corrected chi connectivity index (χ1v) is 21.2. The molecule has 0 saturated carbocycles. The SMILES string of the molecule is CC(C)C1=C(C(=O)N(CCO[Si](c2ccccc2)(c2ccccc2)C(C)(C)C)CC(=O)O)SC2=N[C@@](C)(c3ccc(Cl)cc3)[C@@H](c3ccc(Cl)cc3)N21. The largest absolute Gasteiger partial charge is 0.480 e. The molecule has 4 aromatic carbocycles. The molecule has 0 fully saturated rings. The van der Waals surface area contributed by atoms with Gasteiger partial charge in [-0.05, 0) is 75.4 Å². The zero-order valence-corrected chi connectivity index (χ0v) is 34.2. The summed E-state index contributed by atoms with van der Waals surface area (Å²) in [7, 11) is -2.92. The highest BCUT2D eigenvalue weighted by Crippen LogP contribution is 2.56. The zero-order chi connectivity index (χ0) is 38.1. The van der Waals surface area contributed by atoms with Crippen LogP contribution in [0.2, 0.25) is 15.1 Å². The van der Waals surface area contributed by atoms with Gasteiger partial charge in [-0.25, -0.2) is 4.99 Å². The molecule has 276 valence electrons. The Morgan fingerprint density at radius 2 is 1.43 bits per heavy atom. The first-order valence-electron chi connectivity index (χ1n) is 17.8. The molecule has 0 spiro atoms. The molecule has 0 saturated heterocycles. The van der Waals surface area contributed by atoms with Crippen molar-refractivity contribution < 1.29 is 19.1 Å². The second kappa shape index (κ2) is 15.5. The van der Waals surface area contributed by atoms with Crippen LogP contribution >= 0.6 is 35.0 Å². The van der Waals surface area contributed by atoms with Crippen molar-refractivity contribution in [1.29, 1.82) is 0 Å². The number of nitrogens with zero attached hydrogens (tertiary/aromatic N) is 3. The van der Waals surface area contributed by atoms with Crippen molar-refractivity contribution in [3.8, 4) is 0 Å². The maximum absolute atomic E-state index is 14.7. The van der Waals surface area contributed by atoms with E-state index >= 15 is 0 Å². The molecule has 7 nitrogen and oxygen atoms in total. The van der Waals surface area contributed by atoms with E-state index in [0.717, 1.165) is 27.2 Å². The molecule has 0 aromatic heterocycles. The average molecular weight is 787 g/mol. The summed E-state index contributed by atoms with van der Waals surface area (Å²) in [5.74, 6) is -1.53. The Morgan fingerprint density at radius 3 is 1.92 bits per heavy atom. The maximum Gasteiger partial charge on any atom is 0.323 e. The first-order chi connectivity index (χ1) is 25.2. The van der Waals surface area contributed by atoms with Gasteiger partial charge in [-0.1, -0.05) is 143 Å². The minimum Gasteiger partial charge on any atom is -0.480 e. The summed E-state index contributed by atoms with van der Waals surface area (Å²) >= 11 is 13.9. The van der Waals surface area contributed by atoms with Crippen molar-refractivity contribution in [1.82, 2.24) is 9.80 Å². The van der Waals surface area contributed by atoms with Gasteiger partial charge in [0.25, 0.3) is 14.2 Å². The molecule has 2 aliphatic rings. The lowest BCUT2D eigenvalue weighted by Gasteiger charge is -2.43. The fraction of sp³-hybridized carbons (Fsp3) is 0.310. The van der Waals surface area contributed by atoms with Gasteiger partial charge in [0.2, 0.25) is 0 Å². The van der Waals surface area contributed by atoms with E-state index in [0.29, 0.717) is 20.1 Å². The lowest BCUT2D eigenvalue weighted by atomic mass is 9.81. The summed E-state index contributed by atoms with van der Waals surface area (Å²) in [5, 5.41) is 14.0. The lowest BCUT2D eigenvalue weighted by Crippen LogP contribution is -2.67. The maximum atomic E-state index is 14.7. The van der Waals surface area contributed by atoms with E-state index in [1.54, 1.807) is 0 Å². The summed E-state index contributed by atoms with van der Waals surface area (Å²) in [6.45, 7) is 12.6. The van der Waals surface area contributed by atoms with Gasteiger partial charge in [0.1, 0.15) is 17.0 Å². The van der Waals surface area contributed by atoms with Gasteiger partial charge < -0.3 is 19.3 Å². The summed E-state index contributed by atoms with van der Waals surface area (Å²) in [4.78, 5) is 36.4. The number of carbonyl (C=O) groups is 2. The Bertz CT molecular complexity index is 1980. The highest BCUT2D eigenvalue weighted by Gasteiger charge is 2.54. The van der Waals surface area contributed by atoms with Crippen LogP contribution in [0.15, 0.2) is 125 Å². The number of amidine groups is 1. The molecule has 0 bridgehead atoms. The van der Waals surface area contributed by atoms with Gasteiger partial charge in [0.05, 0.1) is 12.6 Å². The number of fused-ring (bicyclic) bond motifs is 1. The number of allylic oxidation sites excluding steroid dienone is 1. The average Bonchev–Trinajstić information content (AvgIpc) is 3.62. The van der Waals surface area contributed by atoms with Crippen molar-refractivity contribution in [2.45, 2.75) is 58.2 Å². The molecule has 0 unspecified atom stereocenters. The molecule has 53 heavy (non-hydrogen) atoms. The predicted molar refractivity (Wildman–Crippen MR) is 220 cm³/mol. The summed E-state index contributed by atoms with van der Waals surface area (Å²) < 4.78 is 7.08. The van der Waals surface area contributed by atoms with E-state index in [9.17, 15) is 14.7 Å². The third-order valence-corrected chi connectivity index (χ3v) is 16.7. The highest BCUT2D eigenvalue weighted by atomic mass is 35.5. The van der Waals surface area contributed by atoms with Gasteiger partial charge in [-0.2, -0.15) is 0 Å². The number of hydrogen-bond acceptors (Lipinski definition) is 6. The van der Waals surface area contributed by atoms with E-state index in [1.807, 2.05) is 84.9 Å². The smallest absolute Gasteiger partial charge is 0.323 e. The Kier molecular flexibility index (Phi) is 11.3. The van der Waals surface area contributed by atoms with Crippen LogP contribution in [0.3, 0.4) is 0 Å². The van der Waals surface area contributed by atoms with E-state index < -0.39 is 26.4 Å². The minimum absolute atomic E-state index is 0.0865. The van der Waals surface area contributed by atoms with Crippen molar-refractivity contribution in [2.75, 3.05) is 19.7 Å². The fourth-order valence-electron chi connectivity index (χ4n) is 7.69. The Morgan fingerprint density at radius 1 is 0.906 bits per heavy atom. The molecule has 4 aromatic rings. The van der Waals surface area contributed by atoms with Crippen molar-refractivity contribution in [3.05, 3.63) is 141 Å². The van der Waals surface area contributed by atoms with E-state index in [-0.39, 0.29) is 36.1 Å². The van der Waals surface area contributed by atoms with Crippen LogP contribution in [0.5, 0.6) is 0 Å². The first kappa shape index (κ1) is 38.8. The van der Waals surface area contributed by atoms with Gasteiger partial charge in [-0.15, -0.1) is 0 Å². The van der Waals surface area contributed by atoms with E-state index in [2.05, 4.69) is 70.7 Å². The van der Waals surface area contributed by atoms with Gasteiger partial charge >= 0.3 is 5.97 Å². The van der Waals surface area contributed by atoms with E-state index in [4.69, 9.17) is 32.6 Å². The molecular formula is C42H45Cl2N3O4SSi. The van der Waals surface area contributed by atoms with Gasteiger partial charge in [-0.3, -0.25) is 9.59 Å². The van der Waals surface area contributed by atoms with Crippen LogP contribution in [0.25, 0.3) is 0 Å². The third kappa shape index (κ3) is 7.47. The Hall–Kier alpha value is -3.86. The summed E-state index contributed by atoms with van der Waals surface area (Å²) in [5.41, 5.74) is 2.05. The molecule has 6 rings (SSSR count). The lowest BCUT2D eigenvalue weighted by molar-refractivity contribution is -0.143. The number of thioether (sulfide) groups is 1. The van der Waals surface area contributed by atoms with Crippen molar-refractivity contribution in [2.24, 2.45) is 10.9 Å². The number of carboxylic acids is 1. The summed E-state index contributed by atoms with van der Waals surface area (Å²) in [6, 6.07) is 35.7. The number of rotatable bonds is 12. The normalized spacial score (nSPS) is 18.7. The summed E-state index contributed by atoms with van der Waals surface area (Å²) in [6.07, 6.45) is 0. The van der Waals surface area contributed by atoms with Crippen LogP contribution in [-0.4, -0.2) is 60.0 Å². The quantitative estimate of drug-likeness (QED) is 0.145. The number of carboxylic acid groups (broad SMARTS) is 1. The third-order valence-electron chi connectivity index (χ3n) is 10.1. The van der Waals surface area contributed by atoms with Crippen molar-refractivity contribution >= 4 is 70.7 Å². The number of benzene rings is 4. The van der Waals surface area contributed by atoms with Gasteiger partial charge in [0.15, 0.2) is 5.17 Å². The minimum atomic E-state index is -2.92. The molecular weight excluding hydrogens is 742 g/mol. The fourth-order valence-corrected chi connectivity index (χ4v) is 13.9. The van der Waals surface area contributed by atoms with Crippen molar-refractivity contribution in [3.63, 3.8) is 0 Å². The Labute approximate surface area is 327 Å². The molecule has 1 amide bonds. The molecule has 2 heterocycles. The Balaban J connectivity index is 1.37. The number of amides is 1. The number of hydrogen-bond donors (Lipinski definition) is 1. The number of halogens is 2. The van der Waals surface area contributed by atoms with Crippen LogP contribution in [-0.2, 0) is 19.6 Å². The second-order valence-electron chi connectivity index (χ2n) is 15.0. The topological polar surface area (TPSA) is 82.4 Å². The molecule has 1 N–H and O–H groups in total. The van der Waals surface area contributed by atoms with Crippen LogP contribution < -0.4 is 10.4 Å². The number of aliphatic carboxylic acids is 1. The zero-order valence-electron chi connectivity index (χ0n) is 30.8. The molecule has 2 atom stereocenters. The van der Waals surface area contributed by atoms with E-state index in [1.165, 1.54) is 16.7 Å². The molecule has 0 radical (unpaired) electrons. The highest BCUT2D eigenvalue weighted by molar-refractivity contribution is 8.18. The molecule has 0 aliphatic carbocycles. The predicted octanol–water partition coefficient (Wildman–Crippen LogP) is 8.73. The number of aliphatic imine (C=N–C) groups is 1. The van der Waals surface area contributed by atoms with Crippen LogP contribution in [0.4, 0.5) is 0 Å². The van der Waals surface area contributed by atoms with Crippen LogP contribution in [0, 0.1) is 5.92 Å². The molecule has 2 aliphatic heterocycles. The van der Waals surface area contributed by atoms with Crippen LogP contribution in [0.1, 0.15) is 58.7 Å². The standard InChI is InChI=1S/C42H45Cl2N3O4SSi/c1-28(2)36-37(52-40-45-42(6,30-19-23-32(44)24-20-30)38(47(36)40)29-17-21-31(43)22-18-29)39(50)46(27-35(48)49)25-26-51-53(41(3,4)5,33-13-9-7-10-14-33)34-15-11-8-12-16-34/h7-24,28,38H,25-27H2,1-6H3,(H,48,49)/t38-,42+/m1/s1. The monoisotopic (exact) mass is 785 g/mol.